The molecule has 1 fully saturated rings. The number of piperidine rings is 1. The Bertz CT molecular complexity index is 545. The molecule has 4 nitrogen and oxygen atoms in total. The van der Waals surface area contributed by atoms with Crippen molar-refractivity contribution in [3.05, 3.63) is 29.0 Å². The van der Waals surface area contributed by atoms with Crippen LogP contribution in [0.4, 0.5) is 4.39 Å². The van der Waals surface area contributed by atoms with Crippen molar-refractivity contribution in [1.82, 2.24) is 10.0 Å². The number of hydrogen-bond acceptors (Lipinski definition) is 3. The van der Waals surface area contributed by atoms with Crippen molar-refractivity contribution in [3.8, 4) is 0 Å². The fourth-order valence-electron chi connectivity index (χ4n) is 2.10. The summed E-state index contributed by atoms with van der Waals surface area (Å²) < 4.78 is 40.2. The highest BCUT2D eigenvalue weighted by Crippen LogP contribution is 2.22. The van der Waals surface area contributed by atoms with Crippen LogP contribution in [0, 0.1) is 11.7 Å². The van der Waals surface area contributed by atoms with Gasteiger partial charge in [-0.05, 0) is 44.0 Å². The van der Waals surface area contributed by atoms with E-state index in [1.165, 1.54) is 18.2 Å². The number of halogens is 2. The molecule has 7 heteroatoms. The average molecular weight is 307 g/mol. The van der Waals surface area contributed by atoms with Gasteiger partial charge in [0.05, 0.1) is 5.02 Å². The Morgan fingerprint density at radius 3 is 2.95 bits per heavy atom. The van der Waals surface area contributed by atoms with E-state index in [-0.39, 0.29) is 10.9 Å². The molecular weight excluding hydrogens is 291 g/mol. The summed E-state index contributed by atoms with van der Waals surface area (Å²) >= 11 is 5.59. The van der Waals surface area contributed by atoms with Gasteiger partial charge in [0.1, 0.15) is 4.90 Å². The van der Waals surface area contributed by atoms with Crippen LogP contribution < -0.4 is 10.0 Å². The highest BCUT2D eigenvalue weighted by molar-refractivity contribution is 7.89. The van der Waals surface area contributed by atoms with Crippen molar-refractivity contribution in [2.45, 2.75) is 17.7 Å². The van der Waals surface area contributed by atoms with Crippen molar-refractivity contribution in [3.63, 3.8) is 0 Å². The minimum Gasteiger partial charge on any atom is -0.316 e. The molecule has 2 rings (SSSR count). The molecule has 0 unspecified atom stereocenters. The van der Waals surface area contributed by atoms with Gasteiger partial charge < -0.3 is 5.32 Å². The molecule has 0 spiro atoms. The zero-order valence-corrected chi connectivity index (χ0v) is 11.9. The Morgan fingerprint density at radius 2 is 2.26 bits per heavy atom. The second-order valence-electron chi connectivity index (χ2n) is 4.62. The third-order valence-corrected chi connectivity index (χ3v) is 4.90. The topological polar surface area (TPSA) is 58.2 Å². The number of rotatable bonds is 4. The molecular formula is C12H16ClFN2O2S. The maximum absolute atomic E-state index is 13.7. The Balaban J connectivity index is 2.07. The number of nitrogens with one attached hydrogen (secondary N) is 2. The fourth-order valence-corrected chi connectivity index (χ4v) is 3.54. The van der Waals surface area contributed by atoms with Gasteiger partial charge in [-0.2, -0.15) is 0 Å². The second-order valence-corrected chi connectivity index (χ2v) is 6.76. The van der Waals surface area contributed by atoms with Crippen molar-refractivity contribution in [1.29, 1.82) is 0 Å². The molecule has 0 bridgehead atoms. The van der Waals surface area contributed by atoms with Gasteiger partial charge in [-0.15, -0.1) is 0 Å². The Morgan fingerprint density at radius 1 is 1.47 bits per heavy atom. The lowest BCUT2D eigenvalue weighted by Crippen LogP contribution is -2.38. The number of sulfonamides is 1. The second kappa shape index (κ2) is 6.17. The van der Waals surface area contributed by atoms with Crippen molar-refractivity contribution in [2.75, 3.05) is 19.6 Å². The summed E-state index contributed by atoms with van der Waals surface area (Å²) in [5, 5.41) is 3.01. The lowest BCUT2D eigenvalue weighted by molar-refractivity contribution is 0.375. The molecule has 106 valence electrons. The summed E-state index contributed by atoms with van der Waals surface area (Å²) in [4.78, 5) is -0.399. The third-order valence-electron chi connectivity index (χ3n) is 3.17. The van der Waals surface area contributed by atoms with Crippen LogP contribution in [0.15, 0.2) is 23.1 Å². The van der Waals surface area contributed by atoms with Crippen molar-refractivity contribution < 1.29 is 12.8 Å². The summed E-state index contributed by atoms with van der Waals surface area (Å²) in [6.45, 7) is 2.05. The summed E-state index contributed by atoms with van der Waals surface area (Å²) in [5.74, 6) is -0.663. The number of benzene rings is 1. The summed E-state index contributed by atoms with van der Waals surface area (Å²) in [7, 11) is -3.85. The standard InChI is InChI=1S/C12H16ClFN2O2S/c13-10-4-1-5-11(12(10)14)19(17,18)16-8-9-3-2-6-15-7-9/h1,4-5,9,15-16H,2-3,6-8H2/t9-/m1/s1. The molecule has 0 aromatic heterocycles. The van der Waals surface area contributed by atoms with Gasteiger partial charge >= 0.3 is 0 Å². The minimum absolute atomic E-state index is 0.192. The summed E-state index contributed by atoms with van der Waals surface area (Å²) in [5.41, 5.74) is 0. The lowest BCUT2D eigenvalue weighted by Gasteiger charge is -2.22. The molecule has 1 aliphatic rings. The first kappa shape index (κ1) is 14.7. The van der Waals surface area contributed by atoms with Gasteiger partial charge in [0.15, 0.2) is 5.82 Å². The van der Waals surface area contributed by atoms with Gasteiger partial charge in [0.2, 0.25) is 10.0 Å². The molecule has 1 atom stereocenters. The van der Waals surface area contributed by atoms with E-state index in [9.17, 15) is 12.8 Å². The van der Waals surface area contributed by atoms with E-state index in [0.717, 1.165) is 25.9 Å². The zero-order chi connectivity index (χ0) is 13.9. The molecule has 0 saturated carbocycles. The van der Waals surface area contributed by atoms with E-state index in [1.54, 1.807) is 0 Å². The van der Waals surface area contributed by atoms with Gasteiger partial charge in [-0.1, -0.05) is 17.7 Å². The van der Waals surface area contributed by atoms with Crippen LogP contribution in [0.25, 0.3) is 0 Å². The Labute approximate surface area is 117 Å². The largest absolute Gasteiger partial charge is 0.316 e. The minimum atomic E-state index is -3.85. The first-order valence-corrected chi connectivity index (χ1v) is 8.01. The normalized spacial score (nSPS) is 20.4. The molecule has 19 heavy (non-hydrogen) atoms. The molecule has 2 N–H and O–H groups in total. The Kier molecular flexibility index (Phi) is 4.78. The van der Waals surface area contributed by atoms with E-state index in [1.807, 2.05) is 0 Å². The smallest absolute Gasteiger partial charge is 0.243 e. The SMILES string of the molecule is O=S(=O)(NC[C@@H]1CCCNC1)c1cccc(Cl)c1F. The fraction of sp³-hybridized carbons (Fsp3) is 0.500. The van der Waals surface area contributed by atoms with Gasteiger partial charge in [0.25, 0.3) is 0 Å². The average Bonchev–Trinajstić information content (AvgIpc) is 2.41. The van der Waals surface area contributed by atoms with Gasteiger partial charge in [0, 0.05) is 6.54 Å². The highest BCUT2D eigenvalue weighted by atomic mass is 35.5. The quantitative estimate of drug-likeness (QED) is 0.891. The summed E-state index contributed by atoms with van der Waals surface area (Å²) in [6, 6.07) is 3.95. The van der Waals surface area contributed by atoms with Crippen LogP contribution in [0.2, 0.25) is 5.02 Å². The van der Waals surface area contributed by atoms with E-state index < -0.39 is 20.7 Å². The third kappa shape index (κ3) is 3.66. The van der Waals surface area contributed by atoms with Crippen LogP contribution in [-0.2, 0) is 10.0 Å². The maximum Gasteiger partial charge on any atom is 0.243 e. The predicted octanol–water partition coefficient (Wildman–Crippen LogP) is 1.76. The molecule has 1 saturated heterocycles. The summed E-state index contributed by atoms with van der Waals surface area (Å²) in [6.07, 6.45) is 1.99. The first-order chi connectivity index (χ1) is 9.00. The molecule has 1 aromatic carbocycles. The van der Waals surface area contributed by atoms with E-state index in [4.69, 9.17) is 11.6 Å². The van der Waals surface area contributed by atoms with E-state index >= 15 is 0 Å². The molecule has 1 heterocycles. The Hall–Kier alpha value is -0.690. The predicted molar refractivity (Wildman–Crippen MR) is 72.2 cm³/mol. The van der Waals surface area contributed by atoms with Crippen LogP contribution in [-0.4, -0.2) is 28.1 Å². The van der Waals surface area contributed by atoms with Crippen LogP contribution >= 0.6 is 11.6 Å². The van der Waals surface area contributed by atoms with Gasteiger partial charge in [-0.25, -0.2) is 17.5 Å². The highest BCUT2D eigenvalue weighted by Gasteiger charge is 2.22. The monoisotopic (exact) mass is 306 g/mol. The van der Waals surface area contributed by atoms with Crippen molar-refractivity contribution >= 4 is 21.6 Å². The van der Waals surface area contributed by atoms with Crippen LogP contribution in [0.1, 0.15) is 12.8 Å². The van der Waals surface area contributed by atoms with Crippen LogP contribution in [0.5, 0.6) is 0 Å². The van der Waals surface area contributed by atoms with Crippen molar-refractivity contribution in [2.24, 2.45) is 5.92 Å². The van der Waals surface area contributed by atoms with Gasteiger partial charge in [-0.3, -0.25) is 0 Å². The number of hydrogen-bond donors (Lipinski definition) is 2. The molecule has 1 aromatic rings. The van der Waals surface area contributed by atoms with E-state index in [0.29, 0.717) is 6.54 Å². The molecule has 0 amide bonds. The lowest BCUT2D eigenvalue weighted by atomic mass is 10.0. The molecule has 0 aliphatic carbocycles. The molecule has 1 aliphatic heterocycles. The zero-order valence-electron chi connectivity index (χ0n) is 10.3. The molecule has 0 radical (unpaired) electrons. The van der Waals surface area contributed by atoms with Crippen LogP contribution in [0.3, 0.4) is 0 Å². The maximum atomic E-state index is 13.7. The first-order valence-electron chi connectivity index (χ1n) is 6.15. The van der Waals surface area contributed by atoms with E-state index in [2.05, 4.69) is 10.0 Å².